The molecule has 0 bridgehead atoms. The summed E-state index contributed by atoms with van der Waals surface area (Å²) in [5, 5.41) is -0.705. The van der Waals surface area contributed by atoms with Crippen molar-refractivity contribution in [2.45, 2.75) is 97.3 Å². The smallest absolute Gasteiger partial charge is 0.329 e. The molecule has 0 spiro atoms. The summed E-state index contributed by atoms with van der Waals surface area (Å²) in [7, 11) is 0. The standard InChI is InChI=1S/C27H39ClN2O2/c1-5-6-7-8-9-10-11-12-13-14-21-19-29-25(30-20-21)22-15-17-23(18-16-22)32-26(31)24(28)27(2,3)4/h15-20,24H,5-14H2,1-4H3. The van der Waals surface area contributed by atoms with Crippen LogP contribution in [-0.4, -0.2) is 21.3 Å². The van der Waals surface area contributed by atoms with Gasteiger partial charge < -0.3 is 4.74 Å². The van der Waals surface area contributed by atoms with Crippen LogP contribution in [0.2, 0.25) is 0 Å². The van der Waals surface area contributed by atoms with Crippen LogP contribution in [0.15, 0.2) is 36.7 Å². The molecule has 0 N–H and O–H groups in total. The second-order valence-electron chi connectivity index (χ2n) is 9.67. The predicted octanol–water partition coefficient (Wildman–Crippen LogP) is 7.78. The largest absolute Gasteiger partial charge is 0.425 e. The van der Waals surface area contributed by atoms with E-state index in [2.05, 4.69) is 16.9 Å². The lowest BCUT2D eigenvalue weighted by molar-refractivity contribution is -0.135. The van der Waals surface area contributed by atoms with Gasteiger partial charge in [0.1, 0.15) is 11.1 Å². The fourth-order valence-electron chi connectivity index (χ4n) is 3.47. The highest BCUT2D eigenvalue weighted by Crippen LogP contribution is 2.27. The summed E-state index contributed by atoms with van der Waals surface area (Å²) in [6.45, 7) is 7.99. The Morgan fingerprint density at radius 1 is 0.906 bits per heavy atom. The summed E-state index contributed by atoms with van der Waals surface area (Å²) in [4.78, 5) is 21.2. The first-order valence-corrected chi connectivity index (χ1v) is 12.5. The Morgan fingerprint density at radius 3 is 1.97 bits per heavy atom. The van der Waals surface area contributed by atoms with Gasteiger partial charge in [-0.1, -0.05) is 79.1 Å². The zero-order chi connectivity index (χ0) is 23.4. The summed E-state index contributed by atoms with van der Waals surface area (Å²) < 4.78 is 5.40. The molecule has 1 aromatic heterocycles. The zero-order valence-electron chi connectivity index (χ0n) is 20.2. The van der Waals surface area contributed by atoms with E-state index in [0.29, 0.717) is 11.6 Å². The van der Waals surface area contributed by atoms with Crippen LogP contribution in [0.5, 0.6) is 5.75 Å². The summed E-state index contributed by atoms with van der Waals surface area (Å²) in [6, 6.07) is 7.22. The van der Waals surface area contributed by atoms with Crippen LogP contribution in [0.4, 0.5) is 0 Å². The molecule has 2 rings (SSSR count). The van der Waals surface area contributed by atoms with Gasteiger partial charge in [0, 0.05) is 18.0 Å². The van der Waals surface area contributed by atoms with Gasteiger partial charge in [-0.25, -0.2) is 9.97 Å². The van der Waals surface area contributed by atoms with Crippen LogP contribution in [0.1, 0.15) is 91.0 Å². The molecule has 1 heterocycles. The minimum absolute atomic E-state index is 0.359. The maximum Gasteiger partial charge on any atom is 0.329 e. The normalized spacial score (nSPS) is 12.5. The van der Waals surface area contributed by atoms with Gasteiger partial charge in [0.05, 0.1) is 0 Å². The Balaban J connectivity index is 1.75. The van der Waals surface area contributed by atoms with Crippen molar-refractivity contribution in [3.8, 4) is 17.1 Å². The van der Waals surface area contributed by atoms with E-state index >= 15 is 0 Å². The molecule has 1 atom stereocenters. The SMILES string of the molecule is CCCCCCCCCCCc1cnc(-c2ccc(OC(=O)C(Cl)C(C)(C)C)cc2)nc1. The van der Waals surface area contributed by atoms with Gasteiger partial charge in [-0.15, -0.1) is 11.6 Å². The van der Waals surface area contributed by atoms with Crippen molar-refractivity contribution >= 4 is 17.6 Å². The van der Waals surface area contributed by atoms with Crippen molar-refractivity contribution in [1.82, 2.24) is 9.97 Å². The van der Waals surface area contributed by atoms with Gasteiger partial charge in [-0.05, 0) is 48.1 Å². The van der Waals surface area contributed by atoms with E-state index in [1.54, 1.807) is 12.1 Å². The first kappa shape index (κ1) is 26.3. The molecule has 0 aliphatic heterocycles. The molecule has 0 amide bonds. The van der Waals surface area contributed by atoms with Crippen molar-refractivity contribution in [2.24, 2.45) is 5.41 Å². The number of hydrogen-bond donors (Lipinski definition) is 0. The molecule has 0 radical (unpaired) electrons. The predicted molar refractivity (Wildman–Crippen MR) is 133 cm³/mol. The van der Waals surface area contributed by atoms with E-state index in [9.17, 15) is 4.79 Å². The van der Waals surface area contributed by atoms with Gasteiger partial charge in [0.15, 0.2) is 5.82 Å². The number of carbonyl (C=O) groups is 1. The van der Waals surface area contributed by atoms with Crippen LogP contribution < -0.4 is 4.74 Å². The maximum absolute atomic E-state index is 12.2. The van der Waals surface area contributed by atoms with Gasteiger partial charge in [-0.3, -0.25) is 4.79 Å². The number of aryl methyl sites for hydroxylation is 1. The molecule has 0 saturated heterocycles. The molecule has 0 aliphatic carbocycles. The van der Waals surface area contributed by atoms with Gasteiger partial charge >= 0.3 is 5.97 Å². The molecule has 1 aromatic carbocycles. The lowest BCUT2D eigenvalue weighted by Gasteiger charge is -2.23. The summed E-state index contributed by atoms with van der Waals surface area (Å²) in [5.74, 6) is 0.697. The Morgan fingerprint density at radius 2 is 1.44 bits per heavy atom. The number of rotatable bonds is 13. The monoisotopic (exact) mass is 458 g/mol. The summed E-state index contributed by atoms with van der Waals surface area (Å²) in [6.07, 6.45) is 16.8. The highest BCUT2D eigenvalue weighted by atomic mass is 35.5. The number of nitrogens with zero attached hydrogens (tertiary/aromatic N) is 2. The third-order valence-corrected chi connectivity index (χ3v) is 6.41. The molecule has 0 saturated carbocycles. The van der Waals surface area contributed by atoms with E-state index in [1.807, 2.05) is 45.3 Å². The zero-order valence-corrected chi connectivity index (χ0v) is 21.0. The first-order chi connectivity index (χ1) is 15.3. The number of esters is 1. The van der Waals surface area contributed by atoms with E-state index in [-0.39, 0.29) is 5.41 Å². The van der Waals surface area contributed by atoms with E-state index in [4.69, 9.17) is 16.3 Å². The minimum Gasteiger partial charge on any atom is -0.425 e. The molecule has 32 heavy (non-hydrogen) atoms. The number of benzene rings is 1. The van der Waals surface area contributed by atoms with E-state index in [1.165, 1.54) is 63.4 Å². The van der Waals surface area contributed by atoms with Crippen LogP contribution >= 0.6 is 11.6 Å². The minimum atomic E-state index is -0.705. The highest BCUT2D eigenvalue weighted by Gasteiger charge is 2.30. The Labute approximate surface area is 199 Å². The Kier molecular flexibility index (Phi) is 11.2. The number of ether oxygens (including phenoxy) is 1. The second-order valence-corrected chi connectivity index (χ2v) is 10.1. The molecule has 2 aromatic rings. The summed E-state index contributed by atoms with van der Waals surface area (Å²) in [5.41, 5.74) is 1.71. The number of halogens is 1. The van der Waals surface area contributed by atoms with Crippen molar-refractivity contribution in [3.05, 3.63) is 42.2 Å². The van der Waals surface area contributed by atoms with Gasteiger partial charge in [0.2, 0.25) is 0 Å². The van der Waals surface area contributed by atoms with Crippen molar-refractivity contribution in [1.29, 1.82) is 0 Å². The molecule has 0 aliphatic rings. The molecule has 4 nitrogen and oxygen atoms in total. The lowest BCUT2D eigenvalue weighted by atomic mass is 9.92. The average molecular weight is 459 g/mol. The number of carbonyl (C=O) groups excluding carboxylic acids is 1. The topological polar surface area (TPSA) is 52.1 Å². The molecule has 176 valence electrons. The van der Waals surface area contributed by atoms with Crippen LogP contribution in [0.25, 0.3) is 11.4 Å². The van der Waals surface area contributed by atoms with Crippen LogP contribution in [0, 0.1) is 5.41 Å². The maximum atomic E-state index is 12.2. The quantitative estimate of drug-likeness (QED) is 0.133. The van der Waals surface area contributed by atoms with Crippen molar-refractivity contribution < 1.29 is 9.53 Å². The number of unbranched alkanes of at least 4 members (excludes halogenated alkanes) is 8. The number of hydrogen-bond acceptors (Lipinski definition) is 4. The highest BCUT2D eigenvalue weighted by molar-refractivity contribution is 6.30. The second kappa shape index (κ2) is 13.6. The molecular formula is C27H39ClN2O2. The van der Waals surface area contributed by atoms with Crippen molar-refractivity contribution in [3.63, 3.8) is 0 Å². The fraction of sp³-hybridized carbons (Fsp3) is 0.593. The Hall–Kier alpha value is -1.94. The van der Waals surface area contributed by atoms with Gasteiger partial charge in [-0.2, -0.15) is 0 Å². The van der Waals surface area contributed by atoms with Crippen molar-refractivity contribution in [2.75, 3.05) is 0 Å². The fourth-order valence-corrected chi connectivity index (χ4v) is 3.51. The molecule has 5 heteroatoms. The van der Waals surface area contributed by atoms with E-state index in [0.717, 1.165) is 12.0 Å². The average Bonchev–Trinajstić information content (AvgIpc) is 2.78. The number of aromatic nitrogens is 2. The molecule has 0 fully saturated rings. The third-order valence-electron chi connectivity index (χ3n) is 5.57. The number of alkyl halides is 1. The van der Waals surface area contributed by atoms with E-state index < -0.39 is 11.3 Å². The molecule has 1 unspecified atom stereocenters. The molecular weight excluding hydrogens is 420 g/mol. The third kappa shape index (κ3) is 9.28. The summed E-state index contributed by atoms with van der Waals surface area (Å²) >= 11 is 6.19. The van der Waals surface area contributed by atoms with Gasteiger partial charge in [0.25, 0.3) is 0 Å². The van der Waals surface area contributed by atoms with Crippen LogP contribution in [-0.2, 0) is 11.2 Å². The van der Waals surface area contributed by atoms with Crippen LogP contribution in [0.3, 0.4) is 0 Å². The first-order valence-electron chi connectivity index (χ1n) is 12.1. The Bertz CT molecular complexity index is 798. The lowest BCUT2D eigenvalue weighted by Crippen LogP contribution is -2.32.